The minimum Gasteiger partial charge on any atom is -0.469 e. The van der Waals surface area contributed by atoms with Gasteiger partial charge in [0.25, 0.3) is 8.32 Å². The van der Waals surface area contributed by atoms with E-state index in [0.717, 1.165) is 69.7 Å². The lowest BCUT2D eigenvalue weighted by molar-refractivity contribution is -0.142. The summed E-state index contributed by atoms with van der Waals surface area (Å²) in [6, 6.07) is 31.5. The van der Waals surface area contributed by atoms with Crippen LogP contribution in [0.15, 0.2) is 103 Å². The molecule has 3 aliphatic heterocycles. The van der Waals surface area contributed by atoms with Gasteiger partial charge >= 0.3 is 5.97 Å². The molecule has 2 unspecified atom stereocenters. The van der Waals surface area contributed by atoms with Crippen molar-refractivity contribution < 1.29 is 18.7 Å². The van der Waals surface area contributed by atoms with Gasteiger partial charge in [-0.2, -0.15) is 0 Å². The predicted molar refractivity (Wildman–Crippen MR) is 241 cm³/mol. The standard InChI is InChI=1S/C47H54Cl2N6O4Si/c1-47(2,3)60(39-11-7-5-8-12-39,40-13-9-6-10-14-40)59-43-17-20-54-21-22-55(32-42(43)54)46-50-29-38(30-51-46)58-44-24-34(23-41(52-44)35-26-36(48)28-37(49)27-35)31-53-18-15-33(16-19-53)25-45(56)57-4/h5-14,23-24,26-30,33,42-43H,15-22,25,31-32H2,1-4H3. The van der Waals surface area contributed by atoms with Gasteiger partial charge in [-0.3, -0.25) is 14.6 Å². The Morgan fingerprint density at radius 3 is 2.08 bits per heavy atom. The first kappa shape index (κ1) is 42.3. The van der Waals surface area contributed by atoms with Gasteiger partial charge in [0.05, 0.1) is 37.3 Å². The summed E-state index contributed by atoms with van der Waals surface area (Å²) in [5, 5.41) is 3.56. The fraction of sp³-hybridized carbons (Fsp3) is 0.404. The number of ether oxygens (including phenoxy) is 2. The highest BCUT2D eigenvalue weighted by Crippen LogP contribution is 2.40. The molecule has 5 heterocycles. The van der Waals surface area contributed by atoms with Crippen LogP contribution in [0.1, 0.15) is 52.0 Å². The zero-order valence-electron chi connectivity index (χ0n) is 34.9. The van der Waals surface area contributed by atoms with Crippen molar-refractivity contribution >= 4 is 53.8 Å². The molecule has 13 heteroatoms. The second-order valence-corrected chi connectivity index (χ2v) is 22.5. The largest absolute Gasteiger partial charge is 0.469 e. The van der Waals surface area contributed by atoms with Crippen LogP contribution in [0.5, 0.6) is 11.6 Å². The summed E-state index contributed by atoms with van der Waals surface area (Å²) in [7, 11) is -1.28. The maximum absolute atomic E-state index is 11.9. The number of fused-ring (bicyclic) bond motifs is 1. The van der Waals surface area contributed by atoms with Crippen molar-refractivity contribution in [2.45, 2.75) is 70.2 Å². The molecule has 2 aromatic heterocycles. The lowest BCUT2D eigenvalue weighted by Crippen LogP contribution is -2.69. The number of pyridine rings is 1. The zero-order chi connectivity index (χ0) is 41.9. The summed E-state index contributed by atoms with van der Waals surface area (Å²) in [6.45, 7) is 13.0. The monoisotopic (exact) mass is 864 g/mol. The molecular formula is C47H54Cl2N6O4Si. The third kappa shape index (κ3) is 9.41. The zero-order valence-corrected chi connectivity index (χ0v) is 37.4. The van der Waals surface area contributed by atoms with Gasteiger partial charge in [-0.1, -0.05) is 105 Å². The van der Waals surface area contributed by atoms with Crippen molar-refractivity contribution in [3.63, 3.8) is 0 Å². The first-order chi connectivity index (χ1) is 29.0. The molecule has 60 heavy (non-hydrogen) atoms. The van der Waals surface area contributed by atoms with E-state index in [1.165, 1.54) is 17.5 Å². The van der Waals surface area contributed by atoms with Gasteiger partial charge in [-0.05, 0) is 83.5 Å². The molecule has 5 aromatic rings. The molecule has 3 fully saturated rings. The SMILES string of the molecule is COC(=O)CC1CCN(Cc2cc(Oc3cnc(N4CCN5CCC(O[Si](c6ccccc6)(c6ccccc6)C(C)(C)C)C5C4)nc3)nc(-c3cc(Cl)cc(Cl)c3)c2)CC1. The Morgan fingerprint density at radius 1 is 0.817 bits per heavy atom. The Balaban J connectivity index is 0.992. The van der Waals surface area contributed by atoms with Gasteiger partial charge in [0.15, 0.2) is 5.75 Å². The first-order valence-corrected chi connectivity index (χ1v) is 23.7. The van der Waals surface area contributed by atoms with Gasteiger partial charge in [0, 0.05) is 60.8 Å². The average molecular weight is 866 g/mol. The van der Waals surface area contributed by atoms with E-state index in [1.54, 1.807) is 18.5 Å². The van der Waals surface area contributed by atoms with Crippen molar-refractivity contribution in [2.24, 2.45) is 5.92 Å². The van der Waals surface area contributed by atoms with E-state index in [9.17, 15) is 4.79 Å². The summed E-state index contributed by atoms with van der Waals surface area (Å²) in [4.78, 5) is 33.7. The number of esters is 1. The van der Waals surface area contributed by atoms with E-state index < -0.39 is 8.32 Å². The fourth-order valence-corrected chi connectivity index (χ4v) is 14.6. The van der Waals surface area contributed by atoms with Crippen LogP contribution in [0.4, 0.5) is 5.95 Å². The number of hydrogen-bond donors (Lipinski definition) is 0. The number of nitrogens with zero attached hydrogens (tertiary/aromatic N) is 6. The van der Waals surface area contributed by atoms with Crippen molar-refractivity contribution in [3.05, 3.63) is 119 Å². The third-order valence-corrected chi connectivity index (χ3v) is 17.8. The van der Waals surface area contributed by atoms with E-state index in [4.69, 9.17) is 52.1 Å². The Bertz CT molecular complexity index is 2180. The van der Waals surface area contributed by atoms with Gasteiger partial charge in [0.2, 0.25) is 11.8 Å². The number of piperazine rings is 1. The number of halogens is 2. The molecule has 3 saturated heterocycles. The number of methoxy groups -OCH3 is 1. The van der Waals surface area contributed by atoms with Crippen molar-refractivity contribution in [3.8, 4) is 22.9 Å². The minimum atomic E-state index is -2.72. The second-order valence-electron chi connectivity index (χ2n) is 17.3. The van der Waals surface area contributed by atoms with Crippen LogP contribution in [0, 0.1) is 5.92 Å². The molecule has 3 aromatic carbocycles. The lowest BCUT2D eigenvalue weighted by atomic mass is 9.93. The fourth-order valence-electron chi connectivity index (χ4n) is 9.33. The number of carbonyl (C=O) groups is 1. The number of rotatable bonds is 12. The summed E-state index contributed by atoms with van der Waals surface area (Å²) >= 11 is 12.9. The summed E-state index contributed by atoms with van der Waals surface area (Å²) in [5.41, 5.74) is 2.54. The maximum Gasteiger partial charge on any atom is 0.305 e. The highest BCUT2D eigenvalue weighted by atomic mass is 35.5. The molecule has 314 valence electrons. The molecule has 0 N–H and O–H groups in total. The van der Waals surface area contributed by atoms with Gasteiger partial charge < -0.3 is 18.8 Å². The summed E-state index contributed by atoms with van der Waals surface area (Å²) in [6.07, 6.45) is 6.86. The number of aromatic nitrogens is 3. The molecule has 10 nitrogen and oxygen atoms in total. The van der Waals surface area contributed by atoms with Crippen LogP contribution < -0.4 is 20.0 Å². The topological polar surface area (TPSA) is 93.2 Å². The van der Waals surface area contributed by atoms with Crippen molar-refractivity contribution in [1.82, 2.24) is 24.8 Å². The van der Waals surface area contributed by atoms with Crippen molar-refractivity contribution in [2.75, 3.05) is 51.3 Å². The van der Waals surface area contributed by atoms with Gasteiger partial charge in [-0.15, -0.1) is 0 Å². The number of hydrogen-bond acceptors (Lipinski definition) is 10. The normalized spacial score (nSPS) is 19.3. The number of benzene rings is 3. The minimum absolute atomic E-state index is 0.0647. The van der Waals surface area contributed by atoms with Gasteiger partial charge in [0.1, 0.15) is 0 Å². The Hall–Kier alpha value is -4.36. The molecule has 3 aliphatic rings. The van der Waals surface area contributed by atoms with E-state index in [0.29, 0.717) is 52.2 Å². The quantitative estimate of drug-likeness (QED) is 0.0903. The number of anilines is 1. The number of carbonyl (C=O) groups excluding carboxylic acids is 1. The molecule has 0 saturated carbocycles. The highest BCUT2D eigenvalue weighted by Gasteiger charge is 2.54. The van der Waals surface area contributed by atoms with E-state index in [1.807, 2.05) is 18.2 Å². The number of likely N-dealkylation sites (tertiary alicyclic amines) is 1. The van der Waals surface area contributed by atoms with Crippen LogP contribution in [0.3, 0.4) is 0 Å². The predicted octanol–water partition coefficient (Wildman–Crippen LogP) is 8.25. The highest BCUT2D eigenvalue weighted by molar-refractivity contribution is 6.99. The van der Waals surface area contributed by atoms with Crippen LogP contribution in [0.25, 0.3) is 11.3 Å². The molecule has 0 bridgehead atoms. The number of piperidine rings is 1. The van der Waals surface area contributed by atoms with E-state index in [-0.39, 0.29) is 23.2 Å². The van der Waals surface area contributed by atoms with Crippen molar-refractivity contribution in [1.29, 1.82) is 0 Å². The summed E-state index contributed by atoms with van der Waals surface area (Å²) in [5.74, 6) is 1.79. The van der Waals surface area contributed by atoms with Crippen LogP contribution in [-0.2, 0) is 20.5 Å². The smallest absolute Gasteiger partial charge is 0.305 e. The van der Waals surface area contributed by atoms with E-state index in [2.05, 4.69) is 102 Å². The maximum atomic E-state index is 11.9. The Kier molecular flexibility index (Phi) is 12.9. The van der Waals surface area contributed by atoms with Crippen LogP contribution >= 0.6 is 23.2 Å². The molecule has 0 spiro atoms. The molecule has 8 rings (SSSR count). The Morgan fingerprint density at radius 2 is 1.47 bits per heavy atom. The molecule has 0 aliphatic carbocycles. The van der Waals surface area contributed by atoms with Crippen LogP contribution in [0.2, 0.25) is 15.1 Å². The lowest BCUT2D eigenvalue weighted by Gasteiger charge is -2.47. The third-order valence-electron chi connectivity index (χ3n) is 12.3. The molecule has 0 amide bonds. The summed E-state index contributed by atoms with van der Waals surface area (Å²) < 4.78 is 19.0. The molecule has 0 radical (unpaired) electrons. The first-order valence-electron chi connectivity index (χ1n) is 21.0. The van der Waals surface area contributed by atoms with Crippen LogP contribution in [-0.4, -0.2) is 97.6 Å². The second kappa shape index (κ2) is 18.3. The van der Waals surface area contributed by atoms with E-state index >= 15 is 0 Å². The Labute approximate surface area is 364 Å². The molecule has 2 atom stereocenters. The van der Waals surface area contributed by atoms with Gasteiger partial charge in [-0.25, -0.2) is 15.0 Å². The molecular weight excluding hydrogens is 812 g/mol. The average Bonchev–Trinajstić information content (AvgIpc) is 3.65.